The number of hydrogen-bond acceptors (Lipinski definition) is 3. The molecule has 4 nitrogen and oxygen atoms in total. The lowest BCUT2D eigenvalue weighted by molar-refractivity contribution is -0.145. The van der Waals surface area contributed by atoms with E-state index in [1.165, 1.54) is 10.5 Å². The molecule has 1 saturated carbocycles. The van der Waals surface area contributed by atoms with E-state index in [0.29, 0.717) is 6.61 Å². The van der Waals surface area contributed by atoms with Gasteiger partial charge in [0.25, 0.3) is 0 Å². The summed E-state index contributed by atoms with van der Waals surface area (Å²) in [6.45, 7) is 2.32. The maximum Gasteiger partial charge on any atom is 0.417 e. The number of carbonyl (C=O) groups is 2. The minimum atomic E-state index is -0.743. The molecule has 138 valence electrons. The molecule has 2 aromatic rings. The van der Waals surface area contributed by atoms with Crippen molar-refractivity contribution >= 4 is 12.0 Å². The number of ether oxygens (including phenoxy) is 1. The van der Waals surface area contributed by atoms with Gasteiger partial charge in [0, 0.05) is 5.41 Å². The molecule has 2 saturated heterocycles. The smallest absolute Gasteiger partial charge is 0.417 e. The number of hydrogen-bond donors (Lipinski definition) is 0. The van der Waals surface area contributed by atoms with Gasteiger partial charge in [-0.25, -0.2) is 9.69 Å². The van der Waals surface area contributed by atoms with Crippen molar-refractivity contribution in [2.24, 2.45) is 5.92 Å². The first kappa shape index (κ1) is 16.5. The number of benzene rings is 2. The van der Waals surface area contributed by atoms with Gasteiger partial charge in [-0.05, 0) is 36.8 Å². The average Bonchev–Trinajstić information content (AvgIpc) is 3.33. The quantitative estimate of drug-likeness (QED) is 0.811. The van der Waals surface area contributed by atoms with Crippen LogP contribution in [0, 0.1) is 5.92 Å². The van der Waals surface area contributed by atoms with E-state index in [4.69, 9.17) is 4.74 Å². The molecule has 2 heterocycles. The fourth-order valence-corrected chi connectivity index (χ4v) is 6.05. The first-order chi connectivity index (χ1) is 13.1. The molecule has 2 aromatic carbocycles. The van der Waals surface area contributed by atoms with Crippen molar-refractivity contribution in [1.29, 1.82) is 0 Å². The Morgan fingerprint density at radius 1 is 0.963 bits per heavy atom. The van der Waals surface area contributed by atoms with Crippen molar-refractivity contribution < 1.29 is 14.3 Å². The minimum absolute atomic E-state index is 0.111. The van der Waals surface area contributed by atoms with Gasteiger partial charge in [-0.1, -0.05) is 67.1 Å². The van der Waals surface area contributed by atoms with Gasteiger partial charge >= 0.3 is 6.09 Å². The Kier molecular flexibility index (Phi) is 3.48. The van der Waals surface area contributed by atoms with Gasteiger partial charge in [0.05, 0.1) is 11.5 Å². The molecule has 4 heteroatoms. The lowest BCUT2D eigenvalue weighted by Gasteiger charge is -2.55. The molecule has 4 atom stereocenters. The Morgan fingerprint density at radius 2 is 1.59 bits per heavy atom. The van der Waals surface area contributed by atoms with Crippen molar-refractivity contribution in [3.8, 4) is 0 Å². The SMILES string of the molecule is C[C@]1(c2ccccc2)C(=O)N2C(=O)OC[C@H]2C2(c3ccccc3)CCCC21. The van der Waals surface area contributed by atoms with Gasteiger partial charge in [0.15, 0.2) is 0 Å². The largest absolute Gasteiger partial charge is 0.447 e. The fraction of sp³-hybridized carbons (Fsp3) is 0.391. The highest BCUT2D eigenvalue weighted by Gasteiger charge is 2.68. The Labute approximate surface area is 159 Å². The molecule has 0 N–H and O–H groups in total. The molecule has 3 aliphatic rings. The minimum Gasteiger partial charge on any atom is -0.447 e. The molecule has 0 spiro atoms. The second-order valence-corrected chi connectivity index (χ2v) is 8.19. The molecule has 0 radical (unpaired) electrons. The first-order valence-electron chi connectivity index (χ1n) is 9.71. The third-order valence-electron chi connectivity index (χ3n) is 7.22. The van der Waals surface area contributed by atoms with E-state index in [9.17, 15) is 9.59 Å². The van der Waals surface area contributed by atoms with Crippen LogP contribution in [0.25, 0.3) is 0 Å². The highest BCUT2D eigenvalue weighted by atomic mass is 16.6. The summed E-state index contributed by atoms with van der Waals surface area (Å²) < 4.78 is 5.42. The maximum atomic E-state index is 13.7. The number of imide groups is 1. The monoisotopic (exact) mass is 361 g/mol. The first-order valence-corrected chi connectivity index (χ1v) is 9.71. The third kappa shape index (κ3) is 1.98. The number of carbonyl (C=O) groups excluding carboxylic acids is 2. The number of fused-ring (bicyclic) bond motifs is 3. The zero-order valence-corrected chi connectivity index (χ0v) is 15.4. The number of rotatable bonds is 2. The van der Waals surface area contributed by atoms with Crippen molar-refractivity contribution in [3.05, 3.63) is 71.8 Å². The van der Waals surface area contributed by atoms with Gasteiger partial charge in [0.2, 0.25) is 5.91 Å². The molecule has 2 aliphatic heterocycles. The van der Waals surface area contributed by atoms with E-state index in [1.54, 1.807) is 0 Å². The normalized spacial score (nSPS) is 34.9. The van der Waals surface area contributed by atoms with Crippen LogP contribution in [0.15, 0.2) is 60.7 Å². The van der Waals surface area contributed by atoms with Crippen LogP contribution < -0.4 is 0 Å². The number of nitrogens with zero attached hydrogens (tertiary/aromatic N) is 1. The van der Waals surface area contributed by atoms with Crippen molar-refractivity contribution in [2.45, 2.75) is 43.1 Å². The van der Waals surface area contributed by atoms with Crippen LogP contribution in [0.5, 0.6) is 0 Å². The van der Waals surface area contributed by atoms with E-state index in [-0.39, 0.29) is 23.3 Å². The van der Waals surface area contributed by atoms with Crippen LogP contribution in [0.2, 0.25) is 0 Å². The van der Waals surface area contributed by atoms with E-state index in [0.717, 1.165) is 24.8 Å². The van der Waals surface area contributed by atoms with Crippen LogP contribution in [0.4, 0.5) is 4.79 Å². The van der Waals surface area contributed by atoms with E-state index < -0.39 is 11.5 Å². The van der Waals surface area contributed by atoms with Crippen LogP contribution in [0.1, 0.15) is 37.3 Å². The summed E-state index contributed by atoms with van der Waals surface area (Å²) in [5.74, 6) is 0.0257. The molecule has 3 fully saturated rings. The second-order valence-electron chi connectivity index (χ2n) is 8.19. The summed E-state index contributed by atoms with van der Waals surface area (Å²) in [4.78, 5) is 27.7. The summed E-state index contributed by atoms with van der Waals surface area (Å²) >= 11 is 0. The molecule has 2 amide bonds. The Morgan fingerprint density at radius 3 is 2.26 bits per heavy atom. The van der Waals surface area contributed by atoms with Crippen LogP contribution in [-0.4, -0.2) is 29.5 Å². The highest BCUT2D eigenvalue weighted by molar-refractivity contribution is 6.01. The molecule has 0 bridgehead atoms. The molecule has 0 aromatic heterocycles. The van der Waals surface area contributed by atoms with E-state index in [2.05, 4.69) is 24.3 Å². The third-order valence-corrected chi connectivity index (χ3v) is 7.22. The summed E-state index contributed by atoms with van der Waals surface area (Å²) in [6, 6.07) is 20.2. The topological polar surface area (TPSA) is 46.6 Å². The number of amides is 2. The van der Waals surface area contributed by atoms with Crippen molar-refractivity contribution in [3.63, 3.8) is 0 Å². The fourth-order valence-electron chi connectivity index (χ4n) is 6.05. The summed E-state index contributed by atoms with van der Waals surface area (Å²) in [6.07, 6.45) is 2.50. The highest BCUT2D eigenvalue weighted by Crippen LogP contribution is 2.61. The lowest BCUT2D eigenvalue weighted by atomic mass is 9.53. The van der Waals surface area contributed by atoms with Gasteiger partial charge in [-0.15, -0.1) is 0 Å². The Bertz CT molecular complexity index is 896. The Hall–Kier alpha value is -2.62. The molecule has 1 aliphatic carbocycles. The summed E-state index contributed by atoms with van der Waals surface area (Å²) in [5, 5.41) is 0. The van der Waals surface area contributed by atoms with Crippen LogP contribution in [-0.2, 0) is 20.4 Å². The molecular weight excluding hydrogens is 338 g/mol. The van der Waals surface area contributed by atoms with Gasteiger partial charge in [0.1, 0.15) is 6.61 Å². The molecule has 27 heavy (non-hydrogen) atoms. The molecular formula is C23H23NO3. The predicted octanol–water partition coefficient (Wildman–Crippen LogP) is 4.04. The summed E-state index contributed by atoms with van der Waals surface area (Å²) in [7, 11) is 0. The Balaban J connectivity index is 1.78. The van der Waals surface area contributed by atoms with Gasteiger partial charge in [-0.2, -0.15) is 0 Å². The van der Waals surface area contributed by atoms with Crippen LogP contribution in [0.3, 0.4) is 0 Å². The zero-order chi connectivity index (χ0) is 18.6. The number of piperidine rings is 1. The van der Waals surface area contributed by atoms with Crippen molar-refractivity contribution in [2.75, 3.05) is 6.61 Å². The van der Waals surface area contributed by atoms with Crippen molar-refractivity contribution in [1.82, 2.24) is 4.90 Å². The molecule has 2 unspecified atom stereocenters. The standard InChI is InChI=1S/C23H23NO3/c1-22(16-9-4-2-5-10-16)18-13-8-14-23(18,17-11-6-3-7-12-17)19-15-27-21(26)24(19)20(22)25/h2-7,9-12,18-19H,8,13-15H2,1H3/t18?,19-,22+,23?/m0/s1. The predicted molar refractivity (Wildman–Crippen MR) is 101 cm³/mol. The molecule has 5 rings (SSSR count). The zero-order valence-electron chi connectivity index (χ0n) is 15.4. The average molecular weight is 361 g/mol. The van der Waals surface area contributed by atoms with Crippen LogP contribution >= 0.6 is 0 Å². The lowest BCUT2D eigenvalue weighted by Crippen LogP contribution is -2.67. The number of cyclic esters (lactones) is 1. The van der Waals surface area contributed by atoms with Gasteiger partial charge < -0.3 is 4.74 Å². The van der Waals surface area contributed by atoms with E-state index >= 15 is 0 Å². The summed E-state index contributed by atoms with van der Waals surface area (Å²) in [5.41, 5.74) is 1.20. The van der Waals surface area contributed by atoms with E-state index in [1.807, 2.05) is 43.3 Å². The maximum absolute atomic E-state index is 13.7. The van der Waals surface area contributed by atoms with Gasteiger partial charge in [-0.3, -0.25) is 4.79 Å². The second kappa shape index (κ2) is 5.69.